The number of nitrogens with zero attached hydrogens (tertiary/aromatic N) is 3. The summed E-state index contributed by atoms with van der Waals surface area (Å²) in [4.78, 5) is 28.4. The minimum atomic E-state index is -1.66. The number of carbonyl (C=O) groups excluding carboxylic acids is 2. The van der Waals surface area contributed by atoms with Crippen LogP contribution in [-0.4, -0.2) is 48.9 Å². The molecular formula is C28H32Cl2F2N4O2. The van der Waals surface area contributed by atoms with Crippen molar-refractivity contribution >= 4 is 35.1 Å². The maximum absolute atomic E-state index is 15.6. The smallest absolute Gasteiger partial charge is 0.318 e. The van der Waals surface area contributed by atoms with Gasteiger partial charge in [0.15, 0.2) is 0 Å². The quantitative estimate of drug-likeness (QED) is 0.445. The standard InChI is InChI=1S/C28H32Cl2F2N4O2/c1-27(2,3)14-17-15-36(26(38)34-12-11-23(37)35(4)5)25(19-7-6-8-21(30)24(19)32)28(17,16-33)20-10-9-18(29)13-22(20)31/h6-10,13,17,25H,11-12,14-15H2,1-5H3,(H,34,38)/t17-,25-,28+/m1/s1. The Bertz CT molecular complexity index is 1260. The summed E-state index contributed by atoms with van der Waals surface area (Å²) in [6, 6.07) is 8.91. The molecule has 3 amide bonds. The van der Waals surface area contributed by atoms with Gasteiger partial charge in [0.2, 0.25) is 5.91 Å². The van der Waals surface area contributed by atoms with Gasteiger partial charge in [0.1, 0.15) is 17.0 Å². The molecule has 1 heterocycles. The molecule has 0 saturated carbocycles. The normalized spacial score (nSPS) is 21.2. The van der Waals surface area contributed by atoms with Crippen LogP contribution in [0, 0.1) is 34.3 Å². The van der Waals surface area contributed by atoms with Crippen LogP contribution in [0.1, 0.15) is 50.8 Å². The lowest BCUT2D eigenvalue weighted by molar-refractivity contribution is -0.128. The van der Waals surface area contributed by atoms with E-state index in [4.69, 9.17) is 23.2 Å². The highest BCUT2D eigenvalue weighted by atomic mass is 35.5. The number of hydrogen-bond acceptors (Lipinski definition) is 3. The summed E-state index contributed by atoms with van der Waals surface area (Å²) in [5.74, 6) is -2.25. The van der Waals surface area contributed by atoms with Crippen LogP contribution >= 0.6 is 23.2 Å². The second-order valence-corrected chi connectivity index (χ2v) is 11.9. The van der Waals surface area contributed by atoms with E-state index in [-0.39, 0.29) is 52.0 Å². The van der Waals surface area contributed by atoms with Gasteiger partial charge in [-0.15, -0.1) is 0 Å². The van der Waals surface area contributed by atoms with Crippen LogP contribution in [0.25, 0.3) is 0 Å². The minimum absolute atomic E-state index is 0.00401. The van der Waals surface area contributed by atoms with Crippen molar-refractivity contribution in [3.05, 3.63) is 69.2 Å². The maximum Gasteiger partial charge on any atom is 0.318 e. The van der Waals surface area contributed by atoms with Gasteiger partial charge in [-0.3, -0.25) is 4.79 Å². The maximum atomic E-state index is 15.6. The first-order valence-electron chi connectivity index (χ1n) is 12.3. The molecule has 1 N–H and O–H groups in total. The highest BCUT2D eigenvalue weighted by Crippen LogP contribution is 2.56. The number of likely N-dealkylation sites (tertiary alicyclic amines) is 1. The van der Waals surface area contributed by atoms with Crippen LogP contribution in [0.4, 0.5) is 13.6 Å². The molecular weight excluding hydrogens is 533 g/mol. The molecule has 3 atom stereocenters. The topological polar surface area (TPSA) is 76.4 Å². The zero-order chi connectivity index (χ0) is 28.4. The molecule has 6 nitrogen and oxygen atoms in total. The lowest BCUT2D eigenvalue weighted by Crippen LogP contribution is -2.44. The van der Waals surface area contributed by atoms with Gasteiger partial charge in [-0.25, -0.2) is 13.6 Å². The Labute approximate surface area is 232 Å². The molecule has 0 aliphatic carbocycles. The molecule has 1 aliphatic rings. The van der Waals surface area contributed by atoms with Crippen LogP contribution in [0.3, 0.4) is 0 Å². The minimum Gasteiger partial charge on any atom is -0.349 e. The highest BCUT2D eigenvalue weighted by Gasteiger charge is 2.60. The van der Waals surface area contributed by atoms with Gasteiger partial charge in [0.25, 0.3) is 0 Å². The van der Waals surface area contributed by atoms with Crippen molar-refractivity contribution in [3.63, 3.8) is 0 Å². The van der Waals surface area contributed by atoms with E-state index in [9.17, 15) is 14.9 Å². The number of hydrogen-bond donors (Lipinski definition) is 1. The third kappa shape index (κ3) is 5.89. The second kappa shape index (κ2) is 11.5. The van der Waals surface area contributed by atoms with Gasteiger partial charge in [-0.05, 0) is 30.0 Å². The van der Waals surface area contributed by atoms with Crippen molar-refractivity contribution in [2.75, 3.05) is 27.2 Å². The first kappa shape index (κ1) is 29.7. The SMILES string of the molecule is CN(C)C(=O)CCNC(=O)N1C[C@@H](CC(C)(C)C)[C@@](C#N)(c2ccc(Cl)cc2F)[C@H]1c1cccc(Cl)c1F. The van der Waals surface area contributed by atoms with E-state index < -0.39 is 35.0 Å². The molecule has 0 aromatic heterocycles. The lowest BCUT2D eigenvalue weighted by Gasteiger charge is -2.38. The van der Waals surface area contributed by atoms with Crippen molar-refractivity contribution in [2.45, 2.75) is 45.1 Å². The van der Waals surface area contributed by atoms with E-state index >= 15 is 8.78 Å². The average Bonchev–Trinajstić information content (AvgIpc) is 3.13. The molecule has 38 heavy (non-hydrogen) atoms. The van der Waals surface area contributed by atoms with Crippen LogP contribution < -0.4 is 5.32 Å². The first-order chi connectivity index (χ1) is 17.7. The molecule has 1 saturated heterocycles. The number of nitrogens with one attached hydrogen (secondary N) is 1. The van der Waals surface area contributed by atoms with Crippen molar-refractivity contribution in [1.82, 2.24) is 15.1 Å². The second-order valence-electron chi connectivity index (χ2n) is 11.0. The monoisotopic (exact) mass is 564 g/mol. The summed E-state index contributed by atoms with van der Waals surface area (Å²) in [5.41, 5.74) is -1.94. The Morgan fingerprint density at radius 3 is 2.47 bits per heavy atom. The van der Waals surface area contributed by atoms with Crippen LogP contribution in [0.15, 0.2) is 36.4 Å². The summed E-state index contributed by atoms with van der Waals surface area (Å²) in [6.45, 7) is 6.04. The van der Waals surface area contributed by atoms with Crippen molar-refractivity contribution in [2.24, 2.45) is 11.3 Å². The number of carbonyl (C=O) groups is 2. The van der Waals surface area contributed by atoms with E-state index in [1.54, 1.807) is 14.1 Å². The molecule has 10 heteroatoms. The zero-order valence-electron chi connectivity index (χ0n) is 22.1. The number of halogens is 4. The number of benzene rings is 2. The van der Waals surface area contributed by atoms with E-state index in [2.05, 4.69) is 11.4 Å². The number of urea groups is 1. The highest BCUT2D eigenvalue weighted by molar-refractivity contribution is 6.31. The molecule has 204 valence electrons. The summed E-state index contributed by atoms with van der Waals surface area (Å²) >= 11 is 12.2. The fraction of sp³-hybridized carbons (Fsp3) is 0.464. The van der Waals surface area contributed by atoms with E-state index in [0.29, 0.717) is 6.42 Å². The summed E-state index contributed by atoms with van der Waals surface area (Å²) in [5, 5.41) is 13.5. The fourth-order valence-electron chi connectivity index (χ4n) is 5.27. The Balaban J connectivity index is 2.22. The fourth-order valence-corrected chi connectivity index (χ4v) is 5.61. The van der Waals surface area contributed by atoms with Gasteiger partial charge in [-0.1, -0.05) is 62.2 Å². The Morgan fingerprint density at radius 2 is 1.89 bits per heavy atom. The molecule has 0 bridgehead atoms. The van der Waals surface area contributed by atoms with Crippen LogP contribution in [0.2, 0.25) is 10.0 Å². The van der Waals surface area contributed by atoms with Crippen molar-refractivity contribution < 1.29 is 18.4 Å². The Hall–Kier alpha value is -2.89. The third-order valence-corrected chi connectivity index (χ3v) is 7.40. The number of amides is 3. The largest absolute Gasteiger partial charge is 0.349 e. The molecule has 1 aliphatic heterocycles. The van der Waals surface area contributed by atoms with E-state index in [1.165, 1.54) is 40.1 Å². The molecule has 2 aromatic carbocycles. The average molecular weight is 565 g/mol. The predicted molar refractivity (Wildman–Crippen MR) is 144 cm³/mol. The number of rotatable bonds is 6. The number of nitriles is 1. The Morgan fingerprint density at radius 1 is 1.21 bits per heavy atom. The van der Waals surface area contributed by atoms with Gasteiger partial charge in [0.05, 0.1) is 17.1 Å². The van der Waals surface area contributed by atoms with Gasteiger partial charge >= 0.3 is 6.03 Å². The lowest BCUT2D eigenvalue weighted by atomic mass is 9.63. The molecule has 3 rings (SSSR count). The molecule has 0 spiro atoms. The molecule has 0 unspecified atom stereocenters. The first-order valence-corrected chi connectivity index (χ1v) is 13.0. The third-order valence-electron chi connectivity index (χ3n) is 6.88. The summed E-state index contributed by atoms with van der Waals surface area (Å²) in [7, 11) is 3.23. The van der Waals surface area contributed by atoms with E-state index in [0.717, 1.165) is 6.07 Å². The van der Waals surface area contributed by atoms with Crippen LogP contribution in [0.5, 0.6) is 0 Å². The molecule has 1 fully saturated rings. The summed E-state index contributed by atoms with van der Waals surface area (Å²) in [6.07, 6.45) is 0.494. The van der Waals surface area contributed by atoms with Crippen molar-refractivity contribution in [3.8, 4) is 6.07 Å². The molecule has 0 radical (unpaired) electrons. The van der Waals surface area contributed by atoms with Crippen molar-refractivity contribution in [1.29, 1.82) is 5.26 Å². The van der Waals surface area contributed by atoms with E-state index in [1.807, 2.05) is 20.8 Å². The van der Waals surface area contributed by atoms with Crippen LogP contribution in [-0.2, 0) is 10.2 Å². The zero-order valence-corrected chi connectivity index (χ0v) is 23.6. The summed E-state index contributed by atoms with van der Waals surface area (Å²) < 4.78 is 31.2. The van der Waals surface area contributed by atoms with Gasteiger partial charge in [0, 0.05) is 55.7 Å². The van der Waals surface area contributed by atoms with Gasteiger partial charge in [-0.2, -0.15) is 5.26 Å². The molecule has 2 aromatic rings. The van der Waals surface area contributed by atoms with Gasteiger partial charge < -0.3 is 15.1 Å². The predicted octanol–water partition coefficient (Wildman–Crippen LogP) is 6.33. The Kier molecular flexibility index (Phi) is 8.95.